The molecule has 0 atom stereocenters. The second-order valence-electron chi connectivity index (χ2n) is 3.22. The molecule has 0 saturated carbocycles. The van der Waals surface area contributed by atoms with Crippen LogP contribution in [0.5, 0.6) is 0 Å². The lowest BCUT2D eigenvalue weighted by atomic mass is 10.2. The molecule has 0 aliphatic heterocycles. The van der Waals surface area contributed by atoms with E-state index in [0.717, 1.165) is 4.90 Å². The molecule has 86 valence electrons. The predicted molar refractivity (Wildman–Crippen MR) is 66.8 cm³/mol. The van der Waals surface area contributed by atoms with Gasteiger partial charge >= 0.3 is 5.97 Å². The fourth-order valence-corrected chi connectivity index (χ4v) is 2.51. The Balaban J connectivity index is 2.33. The molecule has 0 bridgehead atoms. The third kappa shape index (κ3) is 2.99. The molecule has 1 heterocycles. The van der Waals surface area contributed by atoms with Crippen molar-refractivity contribution in [1.82, 2.24) is 4.98 Å². The van der Waals surface area contributed by atoms with Crippen LogP contribution in [0.1, 0.15) is 10.4 Å². The third-order valence-electron chi connectivity index (χ3n) is 2.04. The number of halogens is 1. The van der Waals surface area contributed by atoms with Crippen LogP contribution in [0.25, 0.3) is 0 Å². The molecule has 17 heavy (non-hydrogen) atoms. The van der Waals surface area contributed by atoms with Gasteiger partial charge in [-0.3, -0.25) is 0 Å². The Morgan fingerprint density at radius 1 is 1.29 bits per heavy atom. The van der Waals surface area contributed by atoms with Crippen LogP contribution in [0.15, 0.2) is 52.4 Å². The molecule has 2 rings (SSSR count). The molecule has 3 nitrogen and oxygen atoms in total. The number of rotatable bonds is 3. The highest BCUT2D eigenvalue weighted by Crippen LogP contribution is 2.31. The number of aromatic nitrogens is 1. The molecule has 0 unspecified atom stereocenters. The number of carboxylic acid groups (broad SMARTS) is 1. The van der Waals surface area contributed by atoms with Crippen LogP contribution in [0, 0.1) is 0 Å². The predicted octanol–water partition coefficient (Wildman–Crippen LogP) is 3.58. The Hall–Kier alpha value is -1.52. The first kappa shape index (κ1) is 12.0. The highest BCUT2D eigenvalue weighted by molar-refractivity contribution is 7.99. The fraction of sp³-hybridized carbons (Fsp3) is 0. The SMILES string of the molecule is O=C(O)c1ccccc1Sc1ccnc(Cl)c1. The first-order valence-electron chi connectivity index (χ1n) is 4.78. The monoisotopic (exact) mass is 265 g/mol. The number of carboxylic acids is 1. The second kappa shape index (κ2) is 5.21. The molecular formula is C12H8ClNO2S. The van der Waals surface area contributed by atoms with Gasteiger partial charge in [0.2, 0.25) is 0 Å². The highest BCUT2D eigenvalue weighted by Gasteiger charge is 2.10. The van der Waals surface area contributed by atoms with Crippen molar-refractivity contribution in [3.8, 4) is 0 Å². The van der Waals surface area contributed by atoms with E-state index in [9.17, 15) is 4.79 Å². The average Bonchev–Trinajstić information content (AvgIpc) is 2.29. The first-order valence-corrected chi connectivity index (χ1v) is 5.98. The Labute approximate surface area is 107 Å². The molecular weight excluding hydrogens is 258 g/mol. The van der Waals surface area contributed by atoms with Gasteiger partial charge in [-0.15, -0.1) is 0 Å². The normalized spacial score (nSPS) is 10.2. The smallest absolute Gasteiger partial charge is 0.336 e. The Morgan fingerprint density at radius 3 is 2.76 bits per heavy atom. The van der Waals surface area contributed by atoms with Crippen LogP contribution in [-0.4, -0.2) is 16.1 Å². The van der Waals surface area contributed by atoms with Crippen molar-refractivity contribution in [3.63, 3.8) is 0 Å². The number of nitrogens with zero attached hydrogens (tertiary/aromatic N) is 1. The number of hydrogen-bond acceptors (Lipinski definition) is 3. The summed E-state index contributed by atoms with van der Waals surface area (Å²) in [6.45, 7) is 0. The van der Waals surface area contributed by atoms with Crippen molar-refractivity contribution in [2.45, 2.75) is 9.79 Å². The molecule has 1 N–H and O–H groups in total. The molecule has 1 aromatic carbocycles. The van der Waals surface area contributed by atoms with Crippen LogP contribution in [-0.2, 0) is 0 Å². The fourth-order valence-electron chi connectivity index (χ4n) is 1.31. The van der Waals surface area contributed by atoms with E-state index in [1.54, 1.807) is 42.6 Å². The number of hydrogen-bond donors (Lipinski definition) is 1. The minimum atomic E-state index is -0.937. The lowest BCUT2D eigenvalue weighted by molar-refractivity contribution is 0.0693. The second-order valence-corrected chi connectivity index (χ2v) is 4.72. The van der Waals surface area contributed by atoms with Crippen LogP contribution >= 0.6 is 23.4 Å². The van der Waals surface area contributed by atoms with Crippen LogP contribution in [0.4, 0.5) is 0 Å². The lowest BCUT2D eigenvalue weighted by Crippen LogP contribution is -1.97. The zero-order chi connectivity index (χ0) is 12.3. The summed E-state index contributed by atoms with van der Waals surface area (Å²) in [6, 6.07) is 10.3. The molecule has 1 aromatic heterocycles. The van der Waals surface area contributed by atoms with E-state index in [2.05, 4.69) is 4.98 Å². The van der Waals surface area contributed by atoms with E-state index >= 15 is 0 Å². The minimum Gasteiger partial charge on any atom is -0.478 e. The van der Waals surface area contributed by atoms with Gasteiger partial charge < -0.3 is 5.11 Å². The van der Waals surface area contributed by atoms with Gasteiger partial charge in [0.15, 0.2) is 0 Å². The zero-order valence-electron chi connectivity index (χ0n) is 8.63. The summed E-state index contributed by atoms with van der Waals surface area (Å²) in [4.78, 5) is 16.4. The maximum atomic E-state index is 11.0. The topological polar surface area (TPSA) is 50.2 Å². The van der Waals surface area contributed by atoms with Gasteiger partial charge in [0.25, 0.3) is 0 Å². The van der Waals surface area contributed by atoms with Gasteiger partial charge in [-0.05, 0) is 24.3 Å². The summed E-state index contributed by atoms with van der Waals surface area (Å²) in [5, 5.41) is 9.44. The van der Waals surface area contributed by atoms with Crippen molar-refractivity contribution in [1.29, 1.82) is 0 Å². The van der Waals surface area contributed by atoms with E-state index in [1.165, 1.54) is 11.8 Å². The third-order valence-corrected chi connectivity index (χ3v) is 3.32. The van der Waals surface area contributed by atoms with E-state index in [-0.39, 0.29) is 5.56 Å². The maximum absolute atomic E-state index is 11.0. The van der Waals surface area contributed by atoms with Crippen LogP contribution < -0.4 is 0 Å². The van der Waals surface area contributed by atoms with E-state index in [4.69, 9.17) is 16.7 Å². The summed E-state index contributed by atoms with van der Waals surface area (Å²) in [6.07, 6.45) is 1.59. The van der Waals surface area contributed by atoms with Gasteiger partial charge in [0.1, 0.15) is 5.15 Å². The number of carbonyl (C=O) groups is 1. The van der Waals surface area contributed by atoms with Gasteiger partial charge in [0.05, 0.1) is 5.56 Å². The van der Waals surface area contributed by atoms with Gasteiger partial charge in [0, 0.05) is 16.0 Å². The average molecular weight is 266 g/mol. The molecule has 0 spiro atoms. The summed E-state index contributed by atoms with van der Waals surface area (Å²) in [7, 11) is 0. The summed E-state index contributed by atoms with van der Waals surface area (Å²) < 4.78 is 0. The van der Waals surface area contributed by atoms with Crippen molar-refractivity contribution in [2.24, 2.45) is 0 Å². The van der Waals surface area contributed by atoms with Crippen molar-refractivity contribution < 1.29 is 9.90 Å². The Morgan fingerprint density at radius 2 is 2.06 bits per heavy atom. The maximum Gasteiger partial charge on any atom is 0.336 e. The van der Waals surface area contributed by atoms with Gasteiger partial charge in [-0.2, -0.15) is 0 Å². The first-order chi connectivity index (χ1) is 8.16. The molecule has 5 heteroatoms. The van der Waals surface area contributed by atoms with Crippen LogP contribution in [0.3, 0.4) is 0 Å². The van der Waals surface area contributed by atoms with Crippen LogP contribution in [0.2, 0.25) is 5.15 Å². The molecule has 2 aromatic rings. The molecule has 0 aliphatic rings. The summed E-state index contributed by atoms with van der Waals surface area (Å²) >= 11 is 7.12. The lowest BCUT2D eigenvalue weighted by Gasteiger charge is -2.05. The van der Waals surface area contributed by atoms with E-state index in [1.807, 2.05) is 0 Å². The molecule has 0 saturated heterocycles. The van der Waals surface area contributed by atoms with Crippen molar-refractivity contribution >= 4 is 29.3 Å². The standard InChI is InChI=1S/C12H8ClNO2S/c13-11-7-8(5-6-14-11)17-10-4-2-1-3-9(10)12(15)16/h1-7H,(H,15,16). The quantitative estimate of drug-likeness (QED) is 0.862. The van der Waals surface area contributed by atoms with Crippen molar-refractivity contribution in [3.05, 3.63) is 53.3 Å². The van der Waals surface area contributed by atoms with Gasteiger partial charge in [-0.1, -0.05) is 35.5 Å². The largest absolute Gasteiger partial charge is 0.478 e. The summed E-state index contributed by atoms with van der Waals surface area (Å²) in [5.41, 5.74) is 0.283. The number of pyridine rings is 1. The Bertz CT molecular complexity index is 560. The summed E-state index contributed by atoms with van der Waals surface area (Å²) in [5.74, 6) is -0.937. The number of benzene rings is 1. The van der Waals surface area contributed by atoms with Crippen molar-refractivity contribution in [2.75, 3.05) is 0 Å². The highest BCUT2D eigenvalue weighted by atomic mass is 35.5. The molecule has 0 fully saturated rings. The number of aromatic carboxylic acids is 1. The zero-order valence-corrected chi connectivity index (χ0v) is 10.2. The van der Waals surface area contributed by atoms with E-state index in [0.29, 0.717) is 10.0 Å². The van der Waals surface area contributed by atoms with Gasteiger partial charge in [-0.25, -0.2) is 9.78 Å². The minimum absolute atomic E-state index is 0.283. The Kier molecular flexibility index (Phi) is 3.66. The molecule has 0 amide bonds. The molecule has 0 radical (unpaired) electrons. The molecule has 0 aliphatic carbocycles. The van der Waals surface area contributed by atoms with E-state index < -0.39 is 5.97 Å².